The zero-order valence-electron chi connectivity index (χ0n) is 72.1. The molecule has 16 aliphatic carbocycles. The van der Waals surface area contributed by atoms with Gasteiger partial charge in [0.05, 0.1) is 23.9 Å². The standard InChI is InChI=1S/C26H39NO2.C25H34F3NO2.C25H34F2O3.C25H37NO2/c1-3-26(29)13-11-19-17(16-26)6-7-21-20(19)10-12-25(2)22(21)8-9-23(25)24(28)15-18-5-4-14-27-18;1-23-10-8-18-17-9-11-24(31,25(26,27)28)14-15(17)4-5-19(18)20(23)6-7-21(23)22(30)13-16-3-2-12-29-16;1-24-10-8-18-17-9-11-25(29,23(26)27)14-15(17)4-5-19(18)20(24)6-7-21(24)22(28)13-16-3-2-12-30-16;1-24(28)11-9-18-16(15-24)5-6-20-19(18)10-12-25(2)21(20)7-8-22(25)23(27)14-17-4-3-13-26-17/h4-5,14,17,19-23,27,29H,3,6-13,15-16H2,1-2H3;2-3,12,15,17-21,29,31H,4-11,13-14H2,1H3;2-3,12,15,17-21,23,29H,4-11,13-14H2,1H3;3-4,13,16,18-22,26,28H,5-12,14-15H2,1-2H3/t17-,19+,20-,21-,22+,23-,25+,26-;15-,17+,18-,19-,20+,21-,23+,24-;15-,17+,18-,19-,20+,21-,24+,25-;16-,18+,19-,20-,21+,22-,24-,25+/m1111/s1. The Bertz CT molecular complexity index is 4100. The second-order valence-corrected chi connectivity index (χ2v) is 44.7. The third-order valence-corrected chi connectivity index (χ3v) is 39.6. The van der Waals surface area contributed by atoms with Gasteiger partial charge in [0, 0.05) is 78.6 Å². The average Bonchev–Trinajstić information content (AvgIpc) is 1.55. The Labute approximate surface area is 700 Å². The number of carbonyl (C=O) groups excluding carboxylic acids is 4. The summed E-state index contributed by atoms with van der Waals surface area (Å²) >= 11 is 0. The Hall–Kier alpha value is -4.71. The number of aromatic amines is 3. The summed E-state index contributed by atoms with van der Waals surface area (Å²) in [6.07, 6.45) is 38.2. The van der Waals surface area contributed by atoms with E-state index in [4.69, 9.17) is 4.42 Å². The maximum atomic E-state index is 13.4. The highest BCUT2D eigenvalue weighted by Crippen LogP contribution is 2.71. The maximum Gasteiger partial charge on any atom is 0.417 e. The number of hydrogen-bond acceptors (Lipinski definition) is 9. The van der Waals surface area contributed by atoms with E-state index in [1.54, 1.807) is 6.26 Å². The molecule has 0 unspecified atom stereocenters. The summed E-state index contributed by atoms with van der Waals surface area (Å²) in [7, 11) is 0. The molecule has 0 amide bonds. The normalized spacial score (nSPS) is 46.2. The first-order valence-electron chi connectivity index (χ1n) is 48.0. The number of halogens is 5. The van der Waals surface area contributed by atoms with Gasteiger partial charge >= 0.3 is 6.18 Å². The predicted molar refractivity (Wildman–Crippen MR) is 446 cm³/mol. The van der Waals surface area contributed by atoms with E-state index in [9.17, 15) is 61.6 Å². The van der Waals surface area contributed by atoms with E-state index in [1.165, 1.54) is 77.0 Å². The van der Waals surface area contributed by atoms with Crippen LogP contribution < -0.4 is 0 Å². The van der Waals surface area contributed by atoms with Crippen molar-refractivity contribution in [2.24, 2.45) is 164 Å². The van der Waals surface area contributed by atoms with Crippen molar-refractivity contribution in [3.63, 3.8) is 0 Å². The van der Waals surface area contributed by atoms with Gasteiger partial charge in [0.1, 0.15) is 34.5 Å². The smallest absolute Gasteiger partial charge is 0.417 e. The van der Waals surface area contributed by atoms with Crippen LogP contribution in [0.1, 0.15) is 302 Å². The second-order valence-electron chi connectivity index (χ2n) is 44.7. The van der Waals surface area contributed by atoms with Gasteiger partial charge in [0.25, 0.3) is 6.43 Å². The molecular formula is C101H144F5N3O9. The summed E-state index contributed by atoms with van der Waals surface area (Å²) in [6, 6.07) is 15.7. The molecule has 16 saturated carbocycles. The van der Waals surface area contributed by atoms with Crippen LogP contribution in [0, 0.1) is 164 Å². The van der Waals surface area contributed by atoms with Crippen LogP contribution in [0.15, 0.2) is 77.8 Å². The molecule has 20 rings (SSSR count). The van der Waals surface area contributed by atoms with Crippen LogP contribution in [-0.4, -0.2) is 93.5 Å². The number of carbonyl (C=O) groups is 4. The minimum absolute atomic E-state index is 0.0160. The van der Waals surface area contributed by atoms with Gasteiger partial charge in [-0.2, -0.15) is 13.2 Å². The van der Waals surface area contributed by atoms with Crippen molar-refractivity contribution in [2.75, 3.05) is 0 Å². The van der Waals surface area contributed by atoms with Gasteiger partial charge in [-0.15, -0.1) is 0 Å². The number of aromatic nitrogens is 3. The molecule has 4 aromatic rings. The topological polar surface area (TPSA) is 210 Å². The van der Waals surface area contributed by atoms with Crippen molar-refractivity contribution < 1.29 is 66.0 Å². The predicted octanol–water partition coefficient (Wildman–Crippen LogP) is 22.0. The first kappa shape index (κ1) is 85.5. The summed E-state index contributed by atoms with van der Waals surface area (Å²) in [6.45, 7) is 13.8. The number of fused-ring (bicyclic) bond motifs is 20. The Morgan fingerprint density at radius 1 is 0.390 bits per heavy atom. The summed E-state index contributed by atoms with van der Waals surface area (Å²) in [5.41, 5.74) is -1.43. The van der Waals surface area contributed by atoms with Crippen LogP contribution in [0.25, 0.3) is 0 Å². The largest absolute Gasteiger partial charge is 0.469 e. The number of rotatable bonds is 14. The second kappa shape index (κ2) is 33.0. The quantitative estimate of drug-likeness (QED) is 0.0598. The molecule has 0 spiro atoms. The Morgan fingerprint density at radius 2 is 0.737 bits per heavy atom. The molecule has 32 atom stereocenters. The van der Waals surface area contributed by atoms with Gasteiger partial charge in [0.2, 0.25) is 0 Å². The van der Waals surface area contributed by atoms with Gasteiger partial charge < -0.3 is 39.8 Å². The fraction of sp³-hybridized carbons (Fsp3) is 0.802. The highest BCUT2D eigenvalue weighted by Gasteiger charge is 2.66. The van der Waals surface area contributed by atoms with E-state index in [2.05, 4.69) is 49.6 Å². The summed E-state index contributed by atoms with van der Waals surface area (Å²) in [5.74, 6) is 15.3. The minimum Gasteiger partial charge on any atom is -0.469 e. The SMILES string of the molecule is CC[C@@]1(O)CC[C@H]2[C@H](CC[C@@H]3[C@@H]2CC[C@]2(C)[C@@H](C(=O)Cc4ccc[nH]4)CC[C@@H]32)C1.C[C@@]1(O)CC[C@H]2[C@H](CC[C@@H]3[C@@H]2CC[C@]2(C)[C@@H](C(=O)Cc4ccc[nH]4)CC[C@@H]32)C1.C[C@]12CC[C@H]3[C@@H](CC[C@@H]4C[C@@](O)(C(F)(F)F)CC[C@@H]43)[C@@H]1CC[C@@H]2C(=O)Cc1ccc[nH]1.C[C@]12CC[C@H]3[C@@H](CC[C@@H]4C[C@@](O)(C(F)F)CC[C@@H]43)[C@@H]1CC[C@@H]2C(=O)Cc1ccco1. The lowest BCUT2D eigenvalue weighted by molar-refractivity contribution is -0.282. The summed E-state index contributed by atoms with van der Waals surface area (Å²) in [4.78, 5) is 62.3. The molecule has 0 aliphatic heterocycles. The molecule has 0 aromatic carbocycles. The van der Waals surface area contributed by atoms with Crippen molar-refractivity contribution in [1.29, 1.82) is 0 Å². The molecule has 0 radical (unpaired) electrons. The van der Waals surface area contributed by atoms with Crippen LogP contribution in [-0.2, 0) is 44.9 Å². The van der Waals surface area contributed by atoms with E-state index in [-0.39, 0.29) is 88.5 Å². The molecule has 4 aromatic heterocycles. The first-order valence-corrected chi connectivity index (χ1v) is 48.0. The average molecular weight is 1640 g/mol. The van der Waals surface area contributed by atoms with Gasteiger partial charge in [-0.1, -0.05) is 34.6 Å². The molecule has 16 fully saturated rings. The zero-order valence-corrected chi connectivity index (χ0v) is 72.1. The molecule has 16 aliphatic rings. The van der Waals surface area contributed by atoms with E-state index in [1.807, 2.05) is 74.0 Å². The van der Waals surface area contributed by atoms with Gasteiger partial charge in [-0.3, -0.25) is 19.2 Å². The Balaban J connectivity index is 0.000000113. The Kier molecular flexibility index (Phi) is 23.9. The lowest BCUT2D eigenvalue weighted by Gasteiger charge is -2.57. The van der Waals surface area contributed by atoms with Gasteiger partial charge in [0.15, 0.2) is 5.60 Å². The third kappa shape index (κ3) is 15.7. The van der Waals surface area contributed by atoms with Crippen molar-refractivity contribution in [3.05, 3.63) is 96.2 Å². The number of ketones is 4. The zero-order chi connectivity index (χ0) is 82.9. The number of furan rings is 1. The molecule has 652 valence electrons. The van der Waals surface area contributed by atoms with Gasteiger partial charge in [-0.05, 0) is 433 Å². The van der Waals surface area contributed by atoms with Crippen LogP contribution in [0.5, 0.6) is 0 Å². The number of aliphatic hydroxyl groups is 4. The summed E-state index contributed by atoms with van der Waals surface area (Å²) in [5, 5.41) is 42.1. The van der Waals surface area contributed by atoms with E-state index >= 15 is 0 Å². The number of nitrogens with one attached hydrogen (secondary N) is 3. The van der Waals surface area contributed by atoms with Crippen molar-refractivity contribution in [2.45, 2.75) is 340 Å². The van der Waals surface area contributed by atoms with Crippen LogP contribution in [0.2, 0.25) is 0 Å². The highest BCUT2D eigenvalue weighted by molar-refractivity contribution is 5.86. The summed E-state index contributed by atoms with van der Waals surface area (Å²) < 4.78 is 72.4. The van der Waals surface area contributed by atoms with Crippen molar-refractivity contribution in [1.82, 2.24) is 15.0 Å². The monoisotopic (exact) mass is 1640 g/mol. The number of hydrogen-bond donors (Lipinski definition) is 7. The van der Waals surface area contributed by atoms with Crippen LogP contribution >= 0.6 is 0 Å². The van der Waals surface area contributed by atoms with E-state index in [0.29, 0.717) is 103 Å². The Morgan fingerprint density at radius 3 is 1.09 bits per heavy atom. The molecule has 12 nitrogen and oxygen atoms in total. The van der Waals surface area contributed by atoms with E-state index in [0.717, 1.165) is 210 Å². The fourth-order valence-corrected chi connectivity index (χ4v) is 33.8. The molecule has 17 heteroatoms. The highest BCUT2D eigenvalue weighted by atomic mass is 19.4. The first-order chi connectivity index (χ1) is 56.2. The number of alkyl halides is 5. The fourth-order valence-electron chi connectivity index (χ4n) is 33.8. The minimum atomic E-state index is -4.53. The lowest BCUT2D eigenvalue weighted by Crippen LogP contribution is -2.55. The number of Topliss-reactive ketones (excluding diaryl/α,β-unsaturated/α-hetero) is 4. The molecule has 0 bridgehead atoms. The maximum absolute atomic E-state index is 13.4. The number of H-pyrrole nitrogens is 3. The van der Waals surface area contributed by atoms with Crippen molar-refractivity contribution >= 4 is 23.1 Å². The van der Waals surface area contributed by atoms with Crippen LogP contribution in [0.4, 0.5) is 22.0 Å². The molecule has 118 heavy (non-hydrogen) atoms. The lowest BCUT2D eigenvalue weighted by atomic mass is 9.48. The van der Waals surface area contributed by atoms with Crippen LogP contribution in [0.3, 0.4) is 0 Å². The van der Waals surface area contributed by atoms with Crippen molar-refractivity contribution in [3.8, 4) is 0 Å². The molecule has 0 saturated heterocycles. The van der Waals surface area contributed by atoms with Gasteiger partial charge in [-0.25, -0.2) is 8.78 Å². The molecular weight excluding hydrogens is 1490 g/mol. The van der Waals surface area contributed by atoms with E-state index < -0.39 is 29.4 Å². The molecule has 7 N–H and O–H groups in total. The third-order valence-electron chi connectivity index (χ3n) is 39.6. The molecule has 4 heterocycles.